The molecule has 8 heteroatoms. The van der Waals surface area contributed by atoms with E-state index in [0.717, 1.165) is 9.87 Å². The molecule has 1 fully saturated rings. The van der Waals surface area contributed by atoms with Crippen molar-refractivity contribution in [1.29, 1.82) is 0 Å². The minimum atomic E-state index is -3.95. The predicted molar refractivity (Wildman–Crippen MR) is 107 cm³/mol. The molecule has 1 aliphatic heterocycles. The fourth-order valence-corrected chi connectivity index (χ4v) is 4.89. The van der Waals surface area contributed by atoms with Gasteiger partial charge in [-0.3, -0.25) is 9.78 Å². The number of benzene rings is 1. The van der Waals surface area contributed by atoms with Crippen LogP contribution in [-0.2, 0) is 31.6 Å². The van der Waals surface area contributed by atoms with Gasteiger partial charge < -0.3 is 9.84 Å². The first-order valence-electron chi connectivity index (χ1n) is 9.45. The van der Waals surface area contributed by atoms with Crippen molar-refractivity contribution < 1.29 is 23.1 Å². The molecule has 1 unspecified atom stereocenters. The number of aliphatic hydroxyl groups is 1. The quantitative estimate of drug-likeness (QED) is 0.748. The lowest BCUT2D eigenvalue weighted by atomic mass is 9.87. The average Bonchev–Trinajstić information content (AvgIpc) is 3.09. The second kappa shape index (κ2) is 8.22. The zero-order chi connectivity index (χ0) is 21.2. The van der Waals surface area contributed by atoms with E-state index < -0.39 is 28.1 Å². The number of β-amino-alcohol motifs (C(OH)–C–C–N with tert-alkyl or cyclic N) is 1. The molecule has 0 aliphatic carbocycles. The predicted octanol–water partition coefficient (Wildman–Crippen LogP) is 2.25. The zero-order valence-electron chi connectivity index (χ0n) is 16.8. The van der Waals surface area contributed by atoms with Crippen LogP contribution in [-0.4, -0.2) is 47.5 Å². The first-order chi connectivity index (χ1) is 13.6. The summed E-state index contributed by atoms with van der Waals surface area (Å²) in [5, 5.41) is 10.0. The Morgan fingerprint density at radius 1 is 1.24 bits per heavy atom. The second-order valence-electron chi connectivity index (χ2n) is 8.22. The van der Waals surface area contributed by atoms with Crippen molar-refractivity contribution in [3.8, 4) is 0 Å². The lowest BCUT2D eigenvalue weighted by Gasteiger charge is -2.23. The van der Waals surface area contributed by atoms with Crippen LogP contribution in [0.4, 0.5) is 0 Å². The number of esters is 1. The Morgan fingerprint density at radius 3 is 2.52 bits per heavy atom. The molecule has 3 rings (SSSR count). The third-order valence-electron chi connectivity index (χ3n) is 4.94. The summed E-state index contributed by atoms with van der Waals surface area (Å²) < 4.78 is 32.6. The SMILES string of the molecule is CC(C)(C)c1ccc(S(=O)(=O)N2CC(O)C[C@H]2C(=O)OCc2cccnc2)cc1. The maximum Gasteiger partial charge on any atom is 0.324 e. The smallest absolute Gasteiger partial charge is 0.324 e. The lowest BCUT2D eigenvalue weighted by molar-refractivity contribution is -0.148. The van der Waals surface area contributed by atoms with E-state index in [9.17, 15) is 18.3 Å². The van der Waals surface area contributed by atoms with Crippen LogP contribution >= 0.6 is 0 Å². The van der Waals surface area contributed by atoms with Crippen LogP contribution in [0.1, 0.15) is 38.3 Å². The number of hydrogen-bond acceptors (Lipinski definition) is 6. The van der Waals surface area contributed by atoms with E-state index in [1.807, 2.05) is 20.8 Å². The summed E-state index contributed by atoms with van der Waals surface area (Å²) in [4.78, 5) is 16.6. The summed E-state index contributed by atoms with van der Waals surface area (Å²) in [6.07, 6.45) is 2.26. The van der Waals surface area contributed by atoms with Gasteiger partial charge in [0.05, 0.1) is 11.0 Å². The molecule has 0 bridgehead atoms. The number of aromatic nitrogens is 1. The van der Waals surface area contributed by atoms with Crippen LogP contribution in [0.2, 0.25) is 0 Å². The van der Waals surface area contributed by atoms with Crippen LogP contribution in [0.3, 0.4) is 0 Å². The largest absolute Gasteiger partial charge is 0.460 e. The number of rotatable bonds is 5. The molecule has 0 amide bonds. The minimum Gasteiger partial charge on any atom is -0.460 e. The molecule has 0 spiro atoms. The minimum absolute atomic E-state index is 0.00514. The first kappa shape index (κ1) is 21.4. The summed E-state index contributed by atoms with van der Waals surface area (Å²) in [5.74, 6) is -0.680. The number of hydrogen-bond donors (Lipinski definition) is 1. The number of ether oxygens (including phenoxy) is 1. The molecule has 0 saturated carbocycles. The first-order valence-corrected chi connectivity index (χ1v) is 10.9. The Balaban J connectivity index is 1.78. The third kappa shape index (κ3) is 4.83. The highest BCUT2D eigenvalue weighted by Crippen LogP contribution is 2.29. The van der Waals surface area contributed by atoms with Crippen LogP contribution in [0.15, 0.2) is 53.7 Å². The summed E-state index contributed by atoms with van der Waals surface area (Å²) in [7, 11) is -3.95. The Bertz CT molecular complexity index is 953. The molecule has 29 heavy (non-hydrogen) atoms. The second-order valence-corrected chi connectivity index (χ2v) is 10.1. The van der Waals surface area contributed by atoms with E-state index in [0.29, 0.717) is 5.56 Å². The van der Waals surface area contributed by atoms with Crippen LogP contribution in [0.5, 0.6) is 0 Å². The average molecular weight is 419 g/mol. The lowest BCUT2D eigenvalue weighted by Crippen LogP contribution is -2.41. The van der Waals surface area contributed by atoms with Gasteiger partial charge in [0.15, 0.2) is 0 Å². The third-order valence-corrected chi connectivity index (χ3v) is 6.83. The summed E-state index contributed by atoms with van der Waals surface area (Å²) in [6, 6.07) is 9.05. The number of carbonyl (C=O) groups is 1. The molecule has 0 radical (unpaired) electrons. The van der Waals surface area contributed by atoms with E-state index in [4.69, 9.17) is 4.74 Å². The van der Waals surface area contributed by atoms with E-state index in [1.54, 1.807) is 48.8 Å². The van der Waals surface area contributed by atoms with Crippen LogP contribution in [0, 0.1) is 0 Å². The Kier molecular flexibility index (Phi) is 6.07. The Labute approximate surface area is 171 Å². The molecule has 1 aromatic heterocycles. The van der Waals surface area contributed by atoms with Gasteiger partial charge >= 0.3 is 5.97 Å². The normalized spacial score (nSPS) is 20.6. The molecule has 1 aliphatic rings. The number of sulfonamides is 1. The van der Waals surface area contributed by atoms with Crippen LogP contribution in [0.25, 0.3) is 0 Å². The van der Waals surface area contributed by atoms with Crippen molar-refractivity contribution in [3.05, 3.63) is 59.9 Å². The number of nitrogens with zero attached hydrogens (tertiary/aromatic N) is 2. The fourth-order valence-electron chi connectivity index (χ4n) is 3.26. The van der Waals surface area contributed by atoms with E-state index in [-0.39, 0.29) is 29.9 Å². The fraction of sp³-hybridized carbons (Fsp3) is 0.429. The number of pyridine rings is 1. The van der Waals surface area contributed by atoms with Gasteiger partial charge in [0.2, 0.25) is 10.0 Å². The van der Waals surface area contributed by atoms with Gasteiger partial charge in [-0.25, -0.2) is 8.42 Å². The summed E-state index contributed by atoms with van der Waals surface area (Å²) >= 11 is 0. The molecule has 1 aromatic carbocycles. The molecule has 2 atom stereocenters. The highest BCUT2D eigenvalue weighted by molar-refractivity contribution is 7.89. The standard InChI is InChI=1S/C21H26N2O5S/c1-21(2,3)16-6-8-18(9-7-16)29(26,27)23-13-17(24)11-19(23)20(25)28-14-15-5-4-10-22-12-15/h4-10,12,17,19,24H,11,13-14H2,1-3H3/t17?,19-/m0/s1. The van der Waals surface area contributed by atoms with Gasteiger partial charge in [-0.2, -0.15) is 4.31 Å². The van der Waals surface area contributed by atoms with Crippen molar-refractivity contribution in [2.24, 2.45) is 0 Å². The van der Waals surface area contributed by atoms with Gasteiger partial charge in [-0.1, -0.05) is 39.0 Å². The van der Waals surface area contributed by atoms with Gasteiger partial charge in [0.1, 0.15) is 12.6 Å². The molecule has 7 nitrogen and oxygen atoms in total. The summed E-state index contributed by atoms with van der Waals surface area (Å²) in [6.45, 7) is 5.98. The van der Waals surface area contributed by atoms with Gasteiger partial charge in [0, 0.05) is 30.9 Å². The summed E-state index contributed by atoms with van der Waals surface area (Å²) in [5.41, 5.74) is 1.60. The zero-order valence-corrected chi connectivity index (χ0v) is 17.6. The molecule has 1 N–H and O–H groups in total. The molecular formula is C21H26N2O5S. The van der Waals surface area contributed by atoms with Crippen molar-refractivity contribution in [1.82, 2.24) is 9.29 Å². The molecule has 1 saturated heterocycles. The number of carbonyl (C=O) groups excluding carboxylic acids is 1. The van der Waals surface area contributed by atoms with E-state index in [2.05, 4.69) is 4.98 Å². The highest BCUT2D eigenvalue weighted by atomic mass is 32.2. The molecule has 2 aromatic rings. The maximum absolute atomic E-state index is 13.1. The molecule has 156 valence electrons. The van der Waals surface area contributed by atoms with Gasteiger partial charge in [-0.05, 0) is 29.2 Å². The topological polar surface area (TPSA) is 96.8 Å². The maximum atomic E-state index is 13.1. The van der Waals surface area contributed by atoms with Gasteiger partial charge in [-0.15, -0.1) is 0 Å². The highest BCUT2D eigenvalue weighted by Gasteiger charge is 2.44. The van der Waals surface area contributed by atoms with E-state index in [1.165, 1.54) is 0 Å². The van der Waals surface area contributed by atoms with Crippen molar-refractivity contribution in [3.63, 3.8) is 0 Å². The molecule has 2 heterocycles. The number of aliphatic hydroxyl groups excluding tert-OH is 1. The molecular weight excluding hydrogens is 392 g/mol. The van der Waals surface area contributed by atoms with Crippen molar-refractivity contribution in [2.45, 2.75) is 56.3 Å². The Hall–Kier alpha value is -2.29. The van der Waals surface area contributed by atoms with E-state index >= 15 is 0 Å². The van der Waals surface area contributed by atoms with Crippen molar-refractivity contribution >= 4 is 16.0 Å². The van der Waals surface area contributed by atoms with Gasteiger partial charge in [0.25, 0.3) is 0 Å². The monoisotopic (exact) mass is 418 g/mol. The van der Waals surface area contributed by atoms with Crippen molar-refractivity contribution in [2.75, 3.05) is 6.54 Å². The van der Waals surface area contributed by atoms with Crippen LogP contribution < -0.4 is 0 Å². The Morgan fingerprint density at radius 2 is 1.93 bits per heavy atom.